The van der Waals surface area contributed by atoms with Crippen LogP contribution in [0.25, 0.3) is 0 Å². The molecule has 2 nitrogen and oxygen atoms in total. The molecule has 0 aliphatic carbocycles. The van der Waals surface area contributed by atoms with Crippen molar-refractivity contribution < 1.29 is 14.3 Å². The van der Waals surface area contributed by atoms with Gasteiger partial charge in [-0.15, -0.1) is 0 Å². The van der Waals surface area contributed by atoms with Gasteiger partial charge in [0.2, 0.25) is 0 Å². The third-order valence-corrected chi connectivity index (χ3v) is 2.31. The number of benzene rings is 1. The van der Waals surface area contributed by atoms with E-state index in [1.807, 2.05) is 13.8 Å². The Labute approximate surface area is 88.7 Å². The second kappa shape index (κ2) is 4.91. The zero-order valence-corrected chi connectivity index (χ0v) is 8.96. The lowest BCUT2D eigenvalue weighted by atomic mass is 9.99. The maximum Gasteiger partial charge on any atom is 0.303 e. The van der Waals surface area contributed by atoms with Crippen LogP contribution in [0.2, 0.25) is 0 Å². The van der Waals surface area contributed by atoms with Gasteiger partial charge in [-0.25, -0.2) is 4.39 Å². The molecule has 0 aliphatic heterocycles. The summed E-state index contributed by atoms with van der Waals surface area (Å²) in [5, 5.41) is 8.49. The van der Waals surface area contributed by atoms with E-state index in [9.17, 15) is 9.18 Å². The van der Waals surface area contributed by atoms with Gasteiger partial charge in [0.15, 0.2) is 0 Å². The molecule has 15 heavy (non-hydrogen) atoms. The van der Waals surface area contributed by atoms with Crippen LogP contribution in [0.15, 0.2) is 18.2 Å². The van der Waals surface area contributed by atoms with Crippen LogP contribution in [0.4, 0.5) is 4.39 Å². The summed E-state index contributed by atoms with van der Waals surface area (Å²) < 4.78 is 13.5. The molecule has 3 heteroatoms. The lowest BCUT2D eigenvalue weighted by molar-refractivity contribution is -0.136. The average molecular weight is 210 g/mol. The Balaban J connectivity index is 2.77. The van der Waals surface area contributed by atoms with Crippen molar-refractivity contribution in [1.29, 1.82) is 0 Å². The minimum Gasteiger partial charge on any atom is -0.481 e. The van der Waals surface area contributed by atoms with Gasteiger partial charge in [0.05, 0.1) is 0 Å². The smallest absolute Gasteiger partial charge is 0.303 e. The summed E-state index contributed by atoms with van der Waals surface area (Å²) in [6.45, 7) is 3.85. The Kier molecular flexibility index (Phi) is 3.83. The van der Waals surface area contributed by atoms with Gasteiger partial charge in [0.25, 0.3) is 0 Å². The number of halogens is 1. The van der Waals surface area contributed by atoms with Gasteiger partial charge in [-0.3, -0.25) is 4.79 Å². The topological polar surface area (TPSA) is 37.3 Å². The fourth-order valence-corrected chi connectivity index (χ4v) is 1.45. The van der Waals surface area contributed by atoms with Gasteiger partial charge in [0.1, 0.15) is 5.82 Å². The molecule has 0 saturated carbocycles. The average Bonchev–Trinajstić information content (AvgIpc) is 2.14. The molecule has 0 radical (unpaired) electrons. The molecule has 0 amide bonds. The summed E-state index contributed by atoms with van der Waals surface area (Å²) in [4.78, 5) is 10.3. The molecule has 0 heterocycles. The van der Waals surface area contributed by atoms with E-state index in [0.717, 1.165) is 5.56 Å². The van der Waals surface area contributed by atoms with Gasteiger partial charge in [-0.1, -0.05) is 26.0 Å². The van der Waals surface area contributed by atoms with Crippen LogP contribution in [0.3, 0.4) is 0 Å². The molecular formula is C12H15FO2. The highest BCUT2D eigenvalue weighted by molar-refractivity contribution is 5.67. The van der Waals surface area contributed by atoms with Crippen LogP contribution < -0.4 is 0 Å². The normalized spacial score (nSPS) is 10.7. The number of aryl methyl sites for hydroxylation is 1. The summed E-state index contributed by atoms with van der Waals surface area (Å²) in [5.74, 6) is -0.949. The molecule has 82 valence electrons. The molecule has 0 atom stereocenters. The fourth-order valence-electron chi connectivity index (χ4n) is 1.45. The first-order valence-corrected chi connectivity index (χ1v) is 5.01. The standard InChI is InChI=1S/C12H15FO2/c1-8(2)10-5-3-9(7-11(10)13)4-6-12(14)15/h3,5,7-8H,4,6H2,1-2H3,(H,14,15). The minimum absolute atomic E-state index is 0.0421. The zero-order chi connectivity index (χ0) is 11.4. The largest absolute Gasteiger partial charge is 0.481 e. The van der Waals surface area contributed by atoms with Crippen LogP contribution >= 0.6 is 0 Å². The SMILES string of the molecule is CC(C)c1ccc(CCC(=O)O)cc1F. The number of carboxylic acids is 1. The van der Waals surface area contributed by atoms with E-state index < -0.39 is 5.97 Å². The van der Waals surface area contributed by atoms with Gasteiger partial charge >= 0.3 is 5.97 Å². The third kappa shape index (κ3) is 3.35. The Bertz CT molecular complexity index is 359. The highest BCUT2D eigenvalue weighted by Crippen LogP contribution is 2.19. The maximum atomic E-state index is 13.5. The quantitative estimate of drug-likeness (QED) is 0.829. The van der Waals surface area contributed by atoms with Crippen molar-refractivity contribution in [3.63, 3.8) is 0 Å². The van der Waals surface area contributed by atoms with Crippen LogP contribution in [0.1, 0.15) is 37.3 Å². The summed E-state index contributed by atoms with van der Waals surface area (Å²) >= 11 is 0. The predicted molar refractivity (Wildman–Crippen MR) is 56.4 cm³/mol. The van der Waals surface area contributed by atoms with Gasteiger partial charge in [-0.05, 0) is 29.5 Å². The fraction of sp³-hybridized carbons (Fsp3) is 0.417. The number of carbonyl (C=O) groups is 1. The Morgan fingerprint density at radius 2 is 2.13 bits per heavy atom. The van der Waals surface area contributed by atoms with Gasteiger partial charge in [-0.2, -0.15) is 0 Å². The van der Waals surface area contributed by atoms with E-state index in [1.54, 1.807) is 12.1 Å². The number of hydrogen-bond donors (Lipinski definition) is 1. The van der Waals surface area contributed by atoms with Gasteiger partial charge < -0.3 is 5.11 Å². The van der Waals surface area contributed by atoms with Gasteiger partial charge in [0, 0.05) is 6.42 Å². The maximum absolute atomic E-state index is 13.5. The Hall–Kier alpha value is -1.38. The van der Waals surface area contributed by atoms with Crippen molar-refractivity contribution >= 4 is 5.97 Å². The lowest BCUT2D eigenvalue weighted by Gasteiger charge is -2.08. The molecule has 1 aromatic rings. The minimum atomic E-state index is -0.858. The molecule has 1 aromatic carbocycles. The molecule has 0 saturated heterocycles. The summed E-state index contributed by atoms with van der Waals surface area (Å²) in [5.41, 5.74) is 1.41. The first-order chi connectivity index (χ1) is 7.00. The molecule has 0 aromatic heterocycles. The molecule has 1 N–H and O–H groups in total. The van der Waals surface area contributed by atoms with E-state index >= 15 is 0 Å². The molecule has 0 spiro atoms. The number of carboxylic acid groups (broad SMARTS) is 1. The number of aliphatic carboxylic acids is 1. The van der Waals surface area contributed by atoms with E-state index in [-0.39, 0.29) is 18.2 Å². The van der Waals surface area contributed by atoms with Crippen molar-refractivity contribution in [1.82, 2.24) is 0 Å². The van der Waals surface area contributed by atoms with Crippen LogP contribution in [0, 0.1) is 5.82 Å². The van der Waals surface area contributed by atoms with Crippen molar-refractivity contribution in [2.45, 2.75) is 32.6 Å². The van der Waals surface area contributed by atoms with E-state index in [1.165, 1.54) is 6.07 Å². The van der Waals surface area contributed by atoms with Crippen molar-refractivity contribution in [2.24, 2.45) is 0 Å². The first kappa shape index (κ1) is 11.7. The third-order valence-electron chi connectivity index (χ3n) is 2.31. The predicted octanol–water partition coefficient (Wildman–Crippen LogP) is 2.97. The van der Waals surface area contributed by atoms with Crippen LogP contribution in [0.5, 0.6) is 0 Å². The van der Waals surface area contributed by atoms with Crippen LogP contribution in [-0.2, 0) is 11.2 Å². The Morgan fingerprint density at radius 3 is 2.60 bits per heavy atom. The number of hydrogen-bond acceptors (Lipinski definition) is 1. The molecule has 0 unspecified atom stereocenters. The second-order valence-corrected chi connectivity index (χ2v) is 3.90. The zero-order valence-electron chi connectivity index (χ0n) is 8.96. The van der Waals surface area contributed by atoms with E-state index in [0.29, 0.717) is 12.0 Å². The first-order valence-electron chi connectivity index (χ1n) is 5.01. The number of rotatable bonds is 4. The highest BCUT2D eigenvalue weighted by atomic mass is 19.1. The highest BCUT2D eigenvalue weighted by Gasteiger charge is 2.07. The summed E-state index contributed by atoms with van der Waals surface area (Å²) in [6.07, 6.45) is 0.422. The van der Waals surface area contributed by atoms with E-state index in [2.05, 4.69) is 0 Å². The summed E-state index contributed by atoms with van der Waals surface area (Å²) in [7, 11) is 0. The molecular weight excluding hydrogens is 195 g/mol. The van der Waals surface area contributed by atoms with E-state index in [4.69, 9.17) is 5.11 Å². The van der Waals surface area contributed by atoms with Crippen molar-refractivity contribution in [2.75, 3.05) is 0 Å². The second-order valence-electron chi connectivity index (χ2n) is 3.90. The molecule has 1 rings (SSSR count). The lowest BCUT2D eigenvalue weighted by Crippen LogP contribution is -1.99. The Morgan fingerprint density at radius 1 is 1.47 bits per heavy atom. The summed E-state index contributed by atoms with van der Waals surface area (Å²) in [6, 6.07) is 4.96. The molecule has 0 aliphatic rings. The van der Waals surface area contributed by atoms with Crippen LogP contribution in [-0.4, -0.2) is 11.1 Å². The molecule has 0 fully saturated rings. The monoisotopic (exact) mass is 210 g/mol. The van der Waals surface area contributed by atoms with Crippen molar-refractivity contribution in [3.8, 4) is 0 Å². The van der Waals surface area contributed by atoms with Crippen molar-refractivity contribution in [3.05, 3.63) is 35.1 Å². The molecule has 0 bridgehead atoms.